The van der Waals surface area contributed by atoms with E-state index in [-0.39, 0.29) is 0 Å². The molecule has 0 saturated heterocycles. The van der Waals surface area contributed by atoms with Crippen molar-refractivity contribution in [2.45, 2.75) is 111 Å². The number of phosphoric acid groups is 1. The predicted octanol–water partition coefficient (Wildman–Crippen LogP) is 10.7. The summed E-state index contributed by atoms with van der Waals surface area (Å²) in [6.45, 7) is -2.60. The van der Waals surface area contributed by atoms with Gasteiger partial charge in [-0.05, 0) is 20.8 Å². The summed E-state index contributed by atoms with van der Waals surface area (Å²) in [5, 5.41) is 0. The van der Waals surface area contributed by atoms with Gasteiger partial charge in [0.2, 0.25) is 0 Å². The standard InChI is InChI=1S/C18H12F27O4P/c1-4(19)7(22,23)10(28,29)13(34,35)16(40,41)47-50(46,48-17(42,43)14(36,37)11(30,31)8(24,25)5(2)20)49-18(44,45)15(38,39)12(32,33)9(26,27)6(3)21/h4-6H,1-3H3. The fourth-order valence-electron chi connectivity index (χ4n) is 2.57. The Bertz CT molecular complexity index is 1100. The lowest BCUT2D eigenvalue weighted by Gasteiger charge is -2.40. The Morgan fingerprint density at radius 3 is 0.600 bits per heavy atom. The van der Waals surface area contributed by atoms with Crippen LogP contribution >= 0.6 is 7.82 Å². The van der Waals surface area contributed by atoms with Crippen LogP contribution < -0.4 is 0 Å². The Balaban J connectivity index is 7.83. The molecule has 50 heavy (non-hydrogen) atoms. The van der Waals surface area contributed by atoms with Gasteiger partial charge in [0.1, 0.15) is 0 Å². The van der Waals surface area contributed by atoms with Crippen molar-refractivity contribution in [2.75, 3.05) is 0 Å². The van der Waals surface area contributed by atoms with Crippen molar-refractivity contribution in [1.82, 2.24) is 0 Å². The van der Waals surface area contributed by atoms with E-state index in [0.29, 0.717) is 0 Å². The molecule has 0 aliphatic heterocycles. The fourth-order valence-corrected chi connectivity index (χ4v) is 3.87. The topological polar surface area (TPSA) is 44.8 Å². The first-order chi connectivity index (χ1) is 21.2. The third kappa shape index (κ3) is 7.12. The van der Waals surface area contributed by atoms with Gasteiger partial charge in [0.05, 0.1) is 0 Å². The van der Waals surface area contributed by atoms with Gasteiger partial charge in [-0.15, -0.1) is 0 Å². The molecule has 4 nitrogen and oxygen atoms in total. The van der Waals surface area contributed by atoms with Crippen LogP contribution in [0.15, 0.2) is 0 Å². The maximum atomic E-state index is 14.0. The summed E-state index contributed by atoms with van der Waals surface area (Å²) in [6, 6.07) is 0. The van der Waals surface area contributed by atoms with Crippen LogP contribution in [0.1, 0.15) is 20.8 Å². The zero-order valence-corrected chi connectivity index (χ0v) is 23.9. The molecule has 0 spiro atoms. The molecule has 0 saturated carbocycles. The summed E-state index contributed by atoms with van der Waals surface area (Å²) in [6.07, 6.45) is -40.1. The van der Waals surface area contributed by atoms with Crippen molar-refractivity contribution in [1.29, 1.82) is 0 Å². The van der Waals surface area contributed by atoms with Crippen LogP contribution in [0.25, 0.3) is 0 Å². The van der Waals surface area contributed by atoms with E-state index in [0.717, 1.165) is 0 Å². The average molecular weight is 836 g/mol. The van der Waals surface area contributed by atoms with Crippen LogP contribution in [-0.4, -0.2) is 90.1 Å². The van der Waals surface area contributed by atoms with E-state index in [1.165, 1.54) is 13.6 Å². The van der Waals surface area contributed by atoms with Gasteiger partial charge < -0.3 is 0 Å². The van der Waals surface area contributed by atoms with Crippen molar-refractivity contribution in [3.05, 3.63) is 0 Å². The average Bonchev–Trinajstić information content (AvgIpc) is 2.85. The van der Waals surface area contributed by atoms with E-state index in [1.807, 2.05) is 0 Å². The lowest BCUT2D eigenvalue weighted by atomic mass is 10.0. The van der Waals surface area contributed by atoms with Crippen LogP contribution in [0, 0.1) is 0 Å². The zero-order valence-electron chi connectivity index (χ0n) is 23.0. The minimum atomic E-state index is -10.0. The van der Waals surface area contributed by atoms with E-state index < -0.39 is 119 Å². The zero-order chi connectivity index (χ0) is 41.4. The van der Waals surface area contributed by atoms with Crippen LogP contribution in [0.5, 0.6) is 0 Å². The lowest BCUT2D eigenvalue weighted by molar-refractivity contribution is -0.440. The normalized spacial score (nSPS) is 19.2. The number of alkyl halides is 27. The Morgan fingerprint density at radius 1 is 0.340 bits per heavy atom. The van der Waals surface area contributed by atoms with Crippen LogP contribution in [0.4, 0.5) is 119 Å². The van der Waals surface area contributed by atoms with Crippen molar-refractivity contribution in [3.63, 3.8) is 0 Å². The van der Waals surface area contributed by atoms with Gasteiger partial charge in [0.25, 0.3) is 0 Å². The minimum absolute atomic E-state index is 0.867. The molecule has 0 heterocycles. The number of hydrogen-bond acceptors (Lipinski definition) is 4. The second-order valence-electron chi connectivity index (χ2n) is 9.43. The molecule has 0 radical (unpaired) electrons. The first-order valence-electron chi connectivity index (χ1n) is 11.4. The largest absolute Gasteiger partial charge is 0.489 e. The first-order valence-corrected chi connectivity index (χ1v) is 12.8. The van der Waals surface area contributed by atoms with Gasteiger partial charge in [-0.2, -0.15) is 105 Å². The summed E-state index contributed by atoms with van der Waals surface area (Å²) in [5.74, 6) is -72.2. The van der Waals surface area contributed by atoms with Crippen LogP contribution in [0.3, 0.4) is 0 Å². The smallest absolute Gasteiger partial charge is 0.241 e. The van der Waals surface area contributed by atoms with E-state index in [1.54, 1.807) is 0 Å². The summed E-state index contributed by atoms with van der Waals surface area (Å²) >= 11 is 0. The van der Waals surface area contributed by atoms with E-state index in [4.69, 9.17) is 0 Å². The predicted molar refractivity (Wildman–Crippen MR) is 102 cm³/mol. The second kappa shape index (κ2) is 13.0. The lowest BCUT2D eigenvalue weighted by Crippen LogP contribution is -2.66. The SMILES string of the molecule is CC(F)C(F)(F)C(F)(F)C(F)(F)C(F)(F)OP(=O)(OC(F)(F)C(F)(F)C(F)(F)C(F)(F)C(C)F)OC(F)(F)C(F)(F)C(F)(F)C(F)(F)C(C)F. The van der Waals surface area contributed by atoms with Gasteiger partial charge in [0.15, 0.2) is 18.5 Å². The molecule has 0 aromatic carbocycles. The molecule has 302 valence electrons. The highest BCUT2D eigenvalue weighted by atomic mass is 31.2. The molecule has 3 unspecified atom stereocenters. The minimum Gasteiger partial charge on any atom is -0.241 e. The Labute approximate surface area is 256 Å². The molecular weight excluding hydrogens is 824 g/mol. The molecule has 0 aliphatic carbocycles. The molecule has 3 atom stereocenters. The summed E-state index contributed by atoms with van der Waals surface area (Å²) in [4.78, 5) is 0. The third-order valence-electron chi connectivity index (χ3n) is 5.71. The van der Waals surface area contributed by atoms with Crippen molar-refractivity contribution in [2.24, 2.45) is 0 Å². The van der Waals surface area contributed by atoms with Gasteiger partial charge in [0, 0.05) is 0 Å². The second-order valence-corrected chi connectivity index (χ2v) is 10.9. The summed E-state index contributed by atoms with van der Waals surface area (Å²) in [7, 11) is -10.0. The number of hydrogen-bond donors (Lipinski definition) is 0. The van der Waals surface area contributed by atoms with Crippen molar-refractivity contribution < 1.29 is 137 Å². The quantitative estimate of drug-likeness (QED) is 0.102. The van der Waals surface area contributed by atoms with E-state index >= 15 is 0 Å². The van der Waals surface area contributed by atoms with Gasteiger partial charge >= 0.3 is 79.5 Å². The van der Waals surface area contributed by atoms with Crippen LogP contribution in [0.2, 0.25) is 0 Å². The molecule has 0 N–H and O–H groups in total. The summed E-state index contributed by atoms with van der Waals surface area (Å²) < 4.78 is 384. The maximum Gasteiger partial charge on any atom is 0.489 e. The highest BCUT2D eigenvalue weighted by Crippen LogP contribution is 2.69. The number of halogens is 27. The maximum absolute atomic E-state index is 14.0. The van der Waals surface area contributed by atoms with Gasteiger partial charge in [-0.1, -0.05) is 0 Å². The molecule has 0 rings (SSSR count). The Morgan fingerprint density at radius 2 is 0.480 bits per heavy atom. The van der Waals surface area contributed by atoms with Gasteiger partial charge in [-0.3, -0.25) is 0 Å². The van der Waals surface area contributed by atoms with Crippen molar-refractivity contribution in [3.8, 4) is 0 Å². The summed E-state index contributed by atoms with van der Waals surface area (Å²) in [5.41, 5.74) is 0. The first kappa shape index (κ1) is 48.2. The highest BCUT2D eigenvalue weighted by molar-refractivity contribution is 7.48. The number of phosphoric ester groups is 1. The highest BCUT2D eigenvalue weighted by Gasteiger charge is 2.88. The van der Waals surface area contributed by atoms with E-state index in [2.05, 4.69) is 0 Å². The number of rotatable bonds is 18. The molecule has 0 amide bonds. The molecule has 32 heteroatoms. The Hall–Kier alpha value is -1.78. The van der Waals surface area contributed by atoms with Crippen molar-refractivity contribution >= 4 is 7.82 Å². The monoisotopic (exact) mass is 836 g/mol. The molecule has 0 aliphatic rings. The Kier molecular flexibility index (Phi) is 12.5. The fraction of sp³-hybridized carbons (Fsp3) is 1.00. The molecule has 0 aromatic rings. The van der Waals surface area contributed by atoms with Gasteiger partial charge in [-0.25, -0.2) is 31.3 Å². The van der Waals surface area contributed by atoms with Crippen LogP contribution in [-0.2, 0) is 18.1 Å². The third-order valence-corrected chi connectivity index (χ3v) is 7.07. The molecular formula is C18H12F27O4P. The molecule has 0 bridgehead atoms. The van der Waals surface area contributed by atoms with E-state index in [9.17, 15) is 123 Å². The molecule has 0 fully saturated rings. The molecule has 0 aromatic heterocycles.